The number of benzene rings is 1. The minimum atomic E-state index is 0.558. The van der Waals surface area contributed by atoms with E-state index < -0.39 is 0 Å². The van der Waals surface area contributed by atoms with Gasteiger partial charge in [-0.1, -0.05) is 13.0 Å². The van der Waals surface area contributed by atoms with E-state index in [4.69, 9.17) is 5.73 Å². The van der Waals surface area contributed by atoms with Gasteiger partial charge in [-0.05, 0) is 31.5 Å². The van der Waals surface area contributed by atoms with Crippen molar-refractivity contribution in [1.82, 2.24) is 0 Å². The van der Waals surface area contributed by atoms with Crippen molar-refractivity contribution >= 4 is 23.1 Å². The Morgan fingerprint density at radius 3 is 2.88 bits per heavy atom. The van der Waals surface area contributed by atoms with Crippen molar-refractivity contribution in [1.29, 1.82) is 0 Å². The van der Waals surface area contributed by atoms with Crippen LogP contribution in [0, 0.1) is 6.92 Å². The number of thioether (sulfide) groups is 1. The monoisotopic (exact) mass is 236 g/mol. The van der Waals surface area contributed by atoms with E-state index in [-0.39, 0.29) is 0 Å². The van der Waals surface area contributed by atoms with Gasteiger partial charge in [-0.15, -0.1) is 0 Å². The first-order valence-corrected chi connectivity index (χ1v) is 6.89. The summed E-state index contributed by atoms with van der Waals surface area (Å²) in [6.45, 7) is 7.81. The van der Waals surface area contributed by atoms with Gasteiger partial charge in [0.1, 0.15) is 0 Å². The molecule has 2 N–H and O–H groups in total. The van der Waals surface area contributed by atoms with Gasteiger partial charge in [-0.3, -0.25) is 0 Å². The second-order valence-corrected chi connectivity index (χ2v) is 6.06. The van der Waals surface area contributed by atoms with Gasteiger partial charge in [0.25, 0.3) is 0 Å². The fourth-order valence-corrected chi connectivity index (χ4v) is 3.27. The summed E-state index contributed by atoms with van der Waals surface area (Å²) in [6.07, 6.45) is 0. The number of nitrogens with zero attached hydrogens (tertiary/aromatic N) is 1. The zero-order valence-electron chi connectivity index (χ0n) is 10.2. The average Bonchev–Trinajstić information content (AvgIpc) is 2.26. The van der Waals surface area contributed by atoms with Crippen LogP contribution >= 0.6 is 11.8 Å². The summed E-state index contributed by atoms with van der Waals surface area (Å²) >= 11 is 2.05. The molecular formula is C13H20N2S. The lowest BCUT2D eigenvalue weighted by atomic mass is 10.1. The number of hydrogen-bond acceptors (Lipinski definition) is 3. The van der Waals surface area contributed by atoms with Crippen molar-refractivity contribution in [2.24, 2.45) is 0 Å². The number of nitrogens with two attached hydrogens (primary N) is 1. The molecule has 2 rings (SSSR count). The molecule has 3 heteroatoms. The zero-order chi connectivity index (χ0) is 11.7. The quantitative estimate of drug-likeness (QED) is 0.760. The third kappa shape index (κ3) is 2.14. The lowest BCUT2D eigenvalue weighted by molar-refractivity contribution is 0.628. The SMILES string of the molecule is Cc1ccc(N)c(N2CCSC(C)C2C)c1. The molecule has 1 aromatic carbocycles. The summed E-state index contributed by atoms with van der Waals surface area (Å²) < 4.78 is 0. The van der Waals surface area contributed by atoms with E-state index in [2.05, 4.69) is 49.6 Å². The highest BCUT2D eigenvalue weighted by Gasteiger charge is 2.26. The topological polar surface area (TPSA) is 29.3 Å². The average molecular weight is 236 g/mol. The highest BCUT2D eigenvalue weighted by Crippen LogP contribution is 2.32. The molecule has 0 spiro atoms. The van der Waals surface area contributed by atoms with E-state index in [1.54, 1.807) is 0 Å². The van der Waals surface area contributed by atoms with Crippen molar-refractivity contribution in [2.75, 3.05) is 22.9 Å². The van der Waals surface area contributed by atoms with Crippen molar-refractivity contribution < 1.29 is 0 Å². The van der Waals surface area contributed by atoms with Gasteiger partial charge in [0.15, 0.2) is 0 Å². The van der Waals surface area contributed by atoms with E-state index in [1.807, 2.05) is 6.07 Å². The molecule has 1 saturated heterocycles. The van der Waals surface area contributed by atoms with Crippen LogP contribution in [0.4, 0.5) is 11.4 Å². The third-order valence-electron chi connectivity index (χ3n) is 3.38. The first-order chi connectivity index (χ1) is 7.59. The molecule has 16 heavy (non-hydrogen) atoms. The van der Waals surface area contributed by atoms with E-state index in [1.165, 1.54) is 17.0 Å². The van der Waals surface area contributed by atoms with E-state index in [9.17, 15) is 0 Å². The first kappa shape index (κ1) is 11.6. The van der Waals surface area contributed by atoms with E-state index >= 15 is 0 Å². The predicted molar refractivity (Wildman–Crippen MR) is 74.3 cm³/mol. The van der Waals surface area contributed by atoms with Crippen LogP contribution in [-0.4, -0.2) is 23.6 Å². The Morgan fingerprint density at radius 2 is 2.12 bits per heavy atom. The van der Waals surface area contributed by atoms with Crippen molar-refractivity contribution in [3.63, 3.8) is 0 Å². The molecule has 2 atom stereocenters. The van der Waals surface area contributed by atoms with Gasteiger partial charge in [0, 0.05) is 23.6 Å². The Balaban J connectivity index is 2.31. The maximum Gasteiger partial charge on any atom is 0.0605 e. The summed E-state index contributed by atoms with van der Waals surface area (Å²) in [5.41, 5.74) is 9.47. The molecule has 0 aliphatic carbocycles. The molecule has 0 saturated carbocycles. The standard InChI is InChI=1S/C13H20N2S/c1-9-4-5-12(14)13(8-9)15-6-7-16-11(3)10(15)2/h4-5,8,10-11H,6-7,14H2,1-3H3. The van der Waals surface area contributed by atoms with Crippen molar-refractivity contribution in [3.8, 4) is 0 Å². The van der Waals surface area contributed by atoms with Gasteiger partial charge in [0.2, 0.25) is 0 Å². The molecule has 0 amide bonds. The van der Waals surface area contributed by atoms with Crippen LogP contribution in [-0.2, 0) is 0 Å². The van der Waals surface area contributed by atoms with Crippen LogP contribution in [0.5, 0.6) is 0 Å². The molecule has 0 bridgehead atoms. The Bertz CT molecular complexity index is 378. The van der Waals surface area contributed by atoms with Gasteiger partial charge < -0.3 is 10.6 Å². The molecule has 1 aliphatic rings. The Kier molecular flexibility index (Phi) is 3.33. The van der Waals surface area contributed by atoms with E-state index in [0.29, 0.717) is 11.3 Å². The van der Waals surface area contributed by atoms with Crippen LogP contribution in [0.3, 0.4) is 0 Å². The minimum Gasteiger partial charge on any atom is -0.397 e. The largest absolute Gasteiger partial charge is 0.397 e. The summed E-state index contributed by atoms with van der Waals surface area (Å²) in [5, 5.41) is 0.675. The van der Waals surface area contributed by atoms with Crippen LogP contribution in [0.1, 0.15) is 19.4 Å². The van der Waals surface area contributed by atoms with Crippen LogP contribution in [0.15, 0.2) is 18.2 Å². The molecule has 1 aromatic rings. The molecule has 1 fully saturated rings. The normalized spacial score (nSPS) is 25.8. The van der Waals surface area contributed by atoms with Gasteiger partial charge in [0.05, 0.1) is 11.4 Å². The fourth-order valence-electron chi connectivity index (χ4n) is 2.18. The summed E-state index contributed by atoms with van der Waals surface area (Å²) in [7, 11) is 0. The second kappa shape index (κ2) is 4.58. The minimum absolute atomic E-state index is 0.558. The molecule has 88 valence electrons. The smallest absolute Gasteiger partial charge is 0.0605 e. The van der Waals surface area contributed by atoms with Crippen LogP contribution in [0.2, 0.25) is 0 Å². The fraction of sp³-hybridized carbons (Fsp3) is 0.538. The highest BCUT2D eigenvalue weighted by atomic mass is 32.2. The summed E-state index contributed by atoms with van der Waals surface area (Å²) in [6, 6.07) is 6.85. The number of hydrogen-bond donors (Lipinski definition) is 1. The molecule has 1 heterocycles. The molecule has 1 aliphatic heterocycles. The van der Waals surface area contributed by atoms with Crippen LogP contribution < -0.4 is 10.6 Å². The predicted octanol–water partition coefficient (Wildman–Crippen LogP) is 2.91. The second-order valence-electron chi connectivity index (χ2n) is 4.57. The lowest BCUT2D eigenvalue weighted by Gasteiger charge is -2.39. The Hall–Kier alpha value is -0.830. The van der Waals surface area contributed by atoms with E-state index in [0.717, 1.165) is 12.2 Å². The number of rotatable bonds is 1. The van der Waals surface area contributed by atoms with Crippen LogP contribution in [0.25, 0.3) is 0 Å². The lowest BCUT2D eigenvalue weighted by Crippen LogP contribution is -2.45. The molecule has 2 nitrogen and oxygen atoms in total. The molecule has 0 aromatic heterocycles. The number of aryl methyl sites for hydroxylation is 1. The summed E-state index contributed by atoms with van der Waals surface area (Å²) in [4.78, 5) is 2.45. The number of nitrogen functional groups attached to an aromatic ring is 1. The number of anilines is 2. The molecule has 0 radical (unpaired) electrons. The summed E-state index contributed by atoms with van der Waals surface area (Å²) in [5.74, 6) is 1.19. The first-order valence-electron chi connectivity index (χ1n) is 5.84. The Labute approximate surface area is 102 Å². The molecule has 2 unspecified atom stereocenters. The maximum atomic E-state index is 6.08. The van der Waals surface area contributed by atoms with Gasteiger partial charge in [-0.2, -0.15) is 11.8 Å². The third-order valence-corrected chi connectivity index (χ3v) is 4.72. The van der Waals surface area contributed by atoms with Gasteiger partial charge in [-0.25, -0.2) is 0 Å². The zero-order valence-corrected chi connectivity index (χ0v) is 11.1. The maximum absolute atomic E-state index is 6.08. The van der Waals surface area contributed by atoms with Gasteiger partial charge >= 0.3 is 0 Å². The van der Waals surface area contributed by atoms with Crippen molar-refractivity contribution in [3.05, 3.63) is 23.8 Å². The highest BCUT2D eigenvalue weighted by molar-refractivity contribution is 8.00. The van der Waals surface area contributed by atoms with Crippen molar-refractivity contribution in [2.45, 2.75) is 32.1 Å². The Morgan fingerprint density at radius 1 is 1.38 bits per heavy atom. The molecular weight excluding hydrogens is 216 g/mol.